The summed E-state index contributed by atoms with van der Waals surface area (Å²) in [6.07, 6.45) is 0.545. The van der Waals surface area contributed by atoms with Gasteiger partial charge in [-0.2, -0.15) is 0 Å². The van der Waals surface area contributed by atoms with Gasteiger partial charge in [0.1, 0.15) is 18.0 Å². The first kappa shape index (κ1) is 31.2. The van der Waals surface area contributed by atoms with Gasteiger partial charge in [-0.05, 0) is 87.5 Å². The maximum atomic E-state index is 12.5. The Morgan fingerprint density at radius 3 is 2.15 bits per heavy atom. The molecule has 2 aliphatic heterocycles. The van der Waals surface area contributed by atoms with Crippen LogP contribution in [0.4, 0.5) is 0 Å². The molecule has 0 amide bonds. The van der Waals surface area contributed by atoms with E-state index >= 15 is 0 Å². The molecule has 0 spiro atoms. The molecule has 2 aromatic rings. The van der Waals surface area contributed by atoms with Crippen LogP contribution >= 0.6 is 11.6 Å². The fourth-order valence-corrected chi connectivity index (χ4v) is 8.66. The van der Waals surface area contributed by atoms with Crippen LogP contribution in [-0.2, 0) is 30.5 Å². The van der Waals surface area contributed by atoms with E-state index in [0.29, 0.717) is 28.8 Å². The lowest BCUT2D eigenvalue weighted by molar-refractivity contribution is -0.339. The Kier molecular flexibility index (Phi) is 8.90. The average Bonchev–Trinajstić information content (AvgIpc) is 3.28. The third kappa shape index (κ3) is 6.96. The fraction of sp³-hybridized carbons (Fsp3) is 0.625. The lowest BCUT2D eigenvalue weighted by atomic mass is 9.82. The van der Waals surface area contributed by atoms with E-state index in [1.54, 1.807) is 0 Å². The van der Waals surface area contributed by atoms with Crippen molar-refractivity contribution in [3.8, 4) is 5.75 Å². The van der Waals surface area contributed by atoms with Gasteiger partial charge in [-0.25, -0.2) is 0 Å². The molecule has 226 valence electrons. The number of benzene rings is 2. The fourth-order valence-electron chi connectivity index (χ4n) is 6.27. The largest absolute Gasteiger partial charge is 0.490 e. The highest BCUT2D eigenvalue weighted by Crippen LogP contribution is 2.47. The maximum Gasteiger partial charge on any atom is 0.221 e. The smallest absolute Gasteiger partial charge is 0.221 e. The molecule has 1 N–H and O–H groups in total. The van der Waals surface area contributed by atoms with Crippen LogP contribution in [0.25, 0.3) is 0 Å². The molecule has 2 heterocycles. The second kappa shape index (κ2) is 11.7. The molecule has 3 fully saturated rings. The molecule has 1 aliphatic carbocycles. The van der Waals surface area contributed by atoms with Crippen LogP contribution in [0.2, 0.25) is 44.3 Å². The predicted octanol–water partition coefficient (Wildman–Crippen LogP) is 6.98. The van der Waals surface area contributed by atoms with Crippen molar-refractivity contribution in [1.82, 2.24) is 0 Å². The Hall–Kier alpha value is -1.24. The van der Waals surface area contributed by atoms with E-state index in [0.717, 1.165) is 36.5 Å². The first-order chi connectivity index (χ1) is 19.2. The molecular formula is C32H47ClO6Si2. The summed E-state index contributed by atoms with van der Waals surface area (Å²) in [5.74, 6) is 0.384. The molecule has 2 saturated heterocycles. The third-order valence-electron chi connectivity index (χ3n) is 8.42. The summed E-state index contributed by atoms with van der Waals surface area (Å²) >= 11 is 6.73. The van der Waals surface area contributed by atoms with Crippen molar-refractivity contribution in [3.05, 3.63) is 64.2 Å². The van der Waals surface area contributed by atoms with Gasteiger partial charge >= 0.3 is 0 Å². The molecular weight excluding hydrogens is 572 g/mol. The zero-order valence-corrected chi connectivity index (χ0v) is 28.5. The Morgan fingerprint density at radius 1 is 0.927 bits per heavy atom. The van der Waals surface area contributed by atoms with Crippen molar-refractivity contribution < 1.29 is 28.2 Å². The van der Waals surface area contributed by atoms with Crippen molar-refractivity contribution >= 4 is 28.2 Å². The van der Waals surface area contributed by atoms with Crippen LogP contribution in [0.15, 0.2) is 42.5 Å². The lowest BCUT2D eigenvalue weighted by Gasteiger charge is -2.53. The minimum atomic E-state index is -2.10. The van der Waals surface area contributed by atoms with E-state index in [1.807, 2.05) is 30.3 Å². The summed E-state index contributed by atoms with van der Waals surface area (Å²) in [4.78, 5) is 0. The van der Waals surface area contributed by atoms with Crippen molar-refractivity contribution in [3.63, 3.8) is 0 Å². The van der Waals surface area contributed by atoms with Gasteiger partial charge in [0.05, 0.1) is 25.4 Å². The minimum Gasteiger partial charge on any atom is -0.490 e. The van der Waals surface area contributed by atoms with Crippen LogP contribution in [0.3, 0.4) is 0 Å². The van der Waals surface area contributed by atoms with Gasteiger partial charge in [-0.15, -0.1) is 0 Å². The highest BCUT2D eigenvalue weighted by molar-refractivity contribution is 6.70. The first-order valence-electron chi connectivity index (χ1n) is 15.1. The highest BCUT2D eigenvalue weighted by atomic mass is 35.5. The van der Waals surface area contributed by atoms with Gasteiger partial charge in [0.25, 0.3) is 0 Å². The Bertz CT molecular complexity index is 1200. The van der Waals surface area contributed by atoms with Crippen LogP contribution in [0.5, 0.6) is 5.75 Å². The number of halogens is 1. The van der Waals surface area contributed by atoms with Gasteiger partial charge in [0, 0.05) is 28.3 Å². The molecule has 3 aliphatic rings. The summed E-state index contributed by atoms with van der Waals surface area (Å²) < 4.78 is 31.7. The average molecular weight is 619 g/mol. The predicted molar refractivity (Wildman–Crippen MR) is 168 cm³/mol. The molecule has 41 heavy (non-hydrogen) atoms. The summed E-state index contributed by atoms with van der Waals surface area (Å²) in [7, 11) is -4.07. The van der Waals surface area contributed by atoms with Crippen molar-refractivity contribution in [2.24, 2.45) is 17.8 Å². The number of aliphatic hydroxyl groups is 1. The van der Waals surface area contributed by atoms with E-state index in [-0.39, 0.29) is 24.2 Å². The van der Waals surface area contributed by atoms with Gasteiger partial charge < -0.3 is 28.2 Å². The quantitative estimate of drug-likeness (QED) is 0.290. The number of hydrogen-bond donors (Lipinski definition) is 1. The van der Waals surface area contributed by atoms with E-state index in [4.69, 9.17) is 34.7 Å². The maximum absolute atomic E-state index is 12.5. The highest BCUT2D eigenvalue weighted by Gasteiger charge is 2.57. The Morgan fingerprint density at radius 2 is 1.56 bits per heavy atom. The second-order valence-electron chi connectivity index (χ2n) is 14.0. The normalized spacial score (nSPS) is 33.5. The monoisotopic (exact) mass is 618 g/mol. The lowest BCUT2D eigenvalue weighted by Crippen LogP contribution is -2.64. The zero-order valence-electron chi connectivity index (χ0n) is 25.8. The van der Waals surface area contributed by atoms with E-state index in [1.165, 1.54) is 0 Å². The number of fused-ring (bicyclic) bond motifs is 1. The minimum absolute atomic E-state index is 0.0728. The number of rotatable bonds is 10. The van der Waals surface area contributed by atoms with Gasteiger partial charge in [0.2, 0.25) is 5.79 Å². The summed E-state index contributed by atoms with van der Waals surface area (Å²) in [6.45, 7) is 18.8. The summed E-state index contributed by atoms with van der Waals surface area (Å²) in [6, 6.07) is 13.9. The molecule has 3 unspecified atom stereocenters. The Balaban J connectivity index is 1.42. The molecule has 0 bridgehead atoms. The van der Waals surface area contributed by atoms with Crippen LogP contribution in [0.1, 0.15) is 37.0 Å². The zero-order chi connectivity index (χ0) is 29.7. The summed E-state index contributed by atoms with van der Waals surface area (Å²) in [5, 5.41) is 13.1. The second-order valence-corrected chi connectivity index (χ2v) is 23.4. The molecule has 9 heteroatoms. The SMILES string of the molecule is CC[C@H]1OC(O)(c2ccc(Cl)c(Cc3ccc(OC4C5COCC54)cc3)c2)[C@H](O[Si](C)(C)C)[C@@H](O[Si](C)(C)C)[C@@H]1C. The van der Waals surface area contributed by atoms with Crippen molar-refractivity contribution in [2.45, 2.75) is 96.2 Å². The number of ether oxygens (including phenoxy) is 3. The van der Waals surface area contributed by atoms with Crippen molar-refractivity contribution in [2.75, 3.05) is 13.2 Å². The molecule has 0 radical (unpaired) electrons. The van der Waals surface area contributed by atoms with Crippen LogP contribution in [0, 0.1) is 17.8 Å². The third-order valence-corrected chi connectivity index (χ3v) is 10.7. The van der Waals surface area contributed by atoms with Gasteiger partial charge in [0.15, 0.2) is 16.6 Å². The molecule has 1 saturated carbocycles. The van der Waals surface area contributed by atoms with Gasteiger partial charge in [-0.1, -0.05) is 43.6 Å². The first-order valence-corrected chi connectivity index (χ1v) is 22.3. The standard InChI is InChI=1S/C32H47ClO6Si2/c1-9-28-20(2)29(38-40(3,4)5)31(39-41(6,7)8)32(34,37-28)23-12-15-27(33)22(17-23)16-21-10-13-24(14-11-21)36-30-25-18-35-19-26(25)30/h10-15,17,20,25-26,28-31,34H,9,16,18-19H2,1-8H3/t20-,25?,26?,28-,29+,30?,31-,32?/m1/s1. The molecule has 6 nitrogen and oxygen atoms in total. The van der Waals surface area contributed by atoms with Crippen LogP contribution in [-0.4, -0.2) is 59.4 Å². The molecule has 0 aromatic heterocycles. The van der Waals surface area contributed by atoms with E-state index < -0.39 is 28.5 Å². The van der Waals surface area contributed by atoms with Gasteiger partial charge in [-0.3, -0.25) is 0 Å². The van der Waals surface area contributed by atoms with Crippen molar-refractivity contribution in [1.29, 1.82) is 0 Å². The van der Waals surface area contributed by atoms with E-state index in [2.05, 4.69) is 65.3 Å². The molecule has 5 rings (SSSR count). The number of hydrogen-bond acceptors (Lipinski definition) is 6. The van der Waals surface area contributed by atoms with Crippen LogP contribution < -0.4 is 4.74 Å². The molecule has 7 atom stereocenters. The summed E-state index contributed by atoms with van der Waals surface area (Å²) in [5.41, 5.74) is 2.68. The Labute approximate surface area is 252 Å². The van der Waals surface area contributed by atoms with E-state index in [9.17, 15) is 5.11 Å². The topological polar surface area (TPSA) is 66.4 Å². The molecule has 2 aromatic carbocycles.